The second-order valence-electron chi connectivity index (χ2n) is 5.76. The number of likely N-dealkylation sites (N-methyl/N-ethyl adjacent to an activating group) is 1. The fraction of sp³-hybridized carbons (Fsp3) is 0.667. The van der Waals surface area contributed by atoms with Crippen molar-refractivity contribution in [3.63, 3.8) is 0 Å². The fourth-order valence-corrected chi connectivity index (χ4v) is 5.42. The SMILES string of the molecule is CCN1CCCC1CNC(=NC)NCCNS(=O)(=O)c1ccc(Cl)s1. The van der Waals surface area contributed by atoms with E-state index in [-0.39, 0.29) is 10.8 Å². The Kier molecular flexibility index (Phi) is 7.95. The third kappa shape index (κ3) is 6.10. The Morgan fingerprint density at radius 1 is 1.40 bits per heavy atom. The van der Waals surface area contributed by atoms with Gasteiger partial charge in [-0.15, -0.1) is 11.3 Å². The average molecular weight is 408 g/mol. The molecule has 1 unspecified atom stereocenters. The average Bonchev–Trinajstić information content (AvgIpc) is 3.23. The van der Waals surface area contributed by atoms with Crippen molar-refractivity contribution in [2.45, 2.75) is 30.0 Å². The number of aliphatic imine (C=N–C) groups is 1. The minimum atomic E-state index is -3.50. The molecule has 0 saturated carbocycles. The summed E-state index contributed by atoms with van der Waals surface area (Å²) in [6, 6.07) is 3.61. The maximum absolute atomic E-state index is 12.1. The van der Waals surface area contributed by atoms with Crippen LogP contribution in [0.5, 0.6) is 0 Å². The van der Waals surface area contributed by atoms with E-state index < -0.39 is 10.0 Å². The minimum Gasteiger partial charge on any atom is -0.355 e. The number of nitrogens with zero attached hydrogens (tertiary/aromatic N) is 2. The first-order valence-corrected chi connectivity index (χ1v) is 11.1. The van der Waals surface area contributed by atoms with Crippen LogP contribution in [0.15, 0.2) is 21.3 Å². The fourth-order valence-electron chi connectivity index (χ4n) is 2.86. The van der Waals surface area contributed by atoms with Gasteiger partial charge in [-0.05, 0) is 38.1 Å². The first-order valence-electron chi connectivity index (χ1n) is 8.40. The minimum absolute atomic E-state index is 0.223. The number of guanidine groups is 1. The van der Waals surface area contributed by atoms with Crippen molar-refractivity contribution < 1.29 is 8.42 Å². The molecule has 2 rings (SSSR count). The third-order valence-corrected chi connectivity index (χ3v) is 7.34. The van der Waals surface area contributed by atoms with Crippen LogP contribution in [0.3, 0.4) is 0 Å². The summed E-state index contributed by atoms with van der Waals surface area (Å²) in [6.07, 6.45) is 2.43. The van der Waals surface area contributed by atoms with E-state index in [1.807, 2.05) is 0 Å². The molecule has 7 nitrogen and oxygen atoms in total. The van der Waals surface area contributed by atoms with E-state index in [1.165, 1.54) is 18.9 Å². The van der Waals surface area contributed by atoms with Crippen LogP contribution in [0.1, 0.15) is 19.8 Å². The summed E-state index contributed by atoms with van der Waals surface area (Å²) in [5.41, 5.74) is 0. The molecule has 1 aromatic rings. The van der Waals surface area contributed by atoms with E-state index in [2.05, 4.69) is 32.2 Å². The molecule has 1 aliphatic heterocycles. The molecule has 0 radical (unpaired) electrons. The summed E-state index contributed by atoms with van der Waals surface area (Å²) in [5, 5.41) is 6.44. The third-order valence-electron chi connectivity index (χ3n) is 4.16. The van der Waals surface area contributed by atoms with Gasteiger partial charge >= 0.3 is 0 Å². The van der Waals surface area contributed by atoms with Gasteiger partial charge in [0.1, 0.15) is 4.21 Å². The Morgan fingerprint density at radius 3 is 2.84 bits per heavy atom. The second-order valence-corrected chi connectivity index (χ2v) is 9.47. The number of rotatable bonds is 8. The molecular weight excluding hydrogens is 382 g/mol. The second kappa shape index (κ2) is 9.72. The zero-order chi connectivity index (χ0) is 18.3. The van der Waals surface area contributed by atoms with Gasteiger partial charge in [0, 0.05) is 32.7 Å². The quantitative estimate of drug-likeness (QED) is 0.344. The Labute approximate surface area is 158 Å². The summed E-state index contributed by atoms with van der Waals surface area (Å²) >= 11 is 6.83. The highest BCUT2D eigenvalue weighted by Crippen LogP contribution is 2.25. The predicted molar refractivity (Wildman–Crippen MR) is 104 cm³/mol. The first-order chi connectivity index (χ1) is 12.0. The van der Waals surface area contributed by atoms with Crippen LogP contribution in [0.2, 0.25) is 4.34 Å². The number of hydrogen-bond donors (Lipinski definition) is 3. The molecule has 0 bridgehead atoms. The monoisotopic (exact) mass is 407 g/mol. The van der Waals surface area contributed by atoms with Gasteiger partial charge in [0.15, 0.2) is 5.96 Å². The molecular formula is C15H26ClN5O2S2. The summed E-state index contributed by atoms with van der Waals surface area (Å²) in [6.45, 7) is 5.95. The lowest BCUT2D eigenvalue weighted by Crippen LogP contribution is -2.46. The maximum Gasteiger partial charge on any atom is 0.250 e. The normalized spacial score (nSPS) is 19.3. The molecule has 0 aromatic carbocycles. The van der Waals surface area contributed by atoms with Gasteiger partial charge in [0.2, 0.25) is 10.0 Å². The van der Waals surface area contributed by atoms with E-state index in [0.717, 1.165) is 31.0 Å². The lowest BCUT2D eigenvalue weighted by atomic mass is 10.2. The van der Waals surface area contributed by atoms with Crippen LogP contribution in [0, 0.1) is 0 Å². The van der Waals surface area contributed by atoms with Crippen LogP contribution in [0.25, 0.3) is 0 Å². The molecule has 0 amide bonds. The van der Waals surface area contributed by atoms with Gasteiger partial charge in [-0.1, -0.05) is 18.5 Å². The van der Waals surface area contributed by atoms with Crippen molar-refractivity contribution in [3.8, 4) is 0 Å². The molecule has 1 aromatic heterocycles. The van der Waals surface area contributed by atoms with Gasteiger partial charge in [-0.25, -0.2) is 13.1 Å². The van der Waals surface area contributed by atoms with Crippen molar-refractivity contribution in [2.24, 2.45) is 4.99 Å². The van der Waals surface area contributed by atoms with Crippen molar-refractivity contribution in [2.75, 3.05) is 39.8 Å². The smallest absolute Gasteiger partial charge is 0.250 e. The molecule has 0 spiro atoms. The van der Waals surface area contributed by atoms with Gasteiger partial charge < -0.3 is 10.6 Å². The maximum atomic E-state index is 12.1. The lowest BCUT2D eigenvalue weighted by Gasteiger charge is -2.24. The molecule has 2 heterocycles. The largest absolute Gasteiger partial charge is 0.355 e. The summed E-state index contributed by atoms with van der Waals surface area (Å²) in [5.74, 6) is 0.682. The number of hydrogen-bond acceptors (Lipinski definition) is 5. The topological polar surface area (TPSA) is 85.8 Å². The summed E-state index contributed by atoms with van der Waals surface area (Å²) in [4.78, 5) is 6.64. The van der Waals surface area contributed by atoms with E-state index >= 15 is 0 Å². The van der Waals surface area contributed by atoms with Crippen LogP contribution < -0.4 is 15.4 Å². The van der Waals surface area contributed by atoms with E-state index in [0.29, 0.717) is 22.9 Å². The highest BCUT2D eigenvalue weighted by molar-refractivity contribution is 7.91. The Morgan fingerprint density at radius 2 is 2.20 bits per heavy atom. The highest BCUT2D eigenvalue weighted by Gasteiger charge is 2.22. The lowest BCUT2D eigenvalue weighted by molar-refractivity contribution is 0.267. The molecule has 1 saturated heterocycles. The molecule has 142 valence electrons. The Balaban J connectivity index is 1.70. The van der Waals surface area contributed by atoms with Crippen LogP contribution >= 0.6 is 22.9 Å². The number of sulfonamides is 1. The van der Waals surface area contributed by atoms with Crippen molar-refractivity contribution in [3.05, 3.63) is 16.5 Å². The zero-order valence-corrected chi connectivity index (χ0v) is 17.0. The molecule has 1 aliphatic rings. The number of nitrogens with one attached hydrogen (secondary N) is 3. The standard InChI is InChI=1S/C15H26ClN5O2S2/c1-3-21-10-4-5-12(21)11-19-15(17-2)18-8-9-20-25(22,23)14-7-6-13(16)24-14/h6-7,12,20H,3-5,8-11H2,1-2H3,(H2,17,18,19). The summed E-state index contributed by atoms with van der Waals surface area (Å²) in [7, 11) is -1.80. The Bertz CT molecular complexity index is 677. The first kappa shape index (κ1) is 20.4. The molecule has 0 aliphatic carbocycles. The molecule has 1 fully saturated rings. The predicted octanol–water partition coefficient (Wildman–Crippen LogP) is 1.33. The van der Waals surface area contributed by atoms with Gasteiger partial charge in [0.05, 0.1) is 4.34 Å². The molecule has 25 heavy (non-hydrogen) atoms. The molecule has 10 heteroatoms. The number of thiophene rings is 1. The van der Waals surface area contributed by atoms with Gasteiger partial charge in [-0.2, -0.15) is 0 Å². The number of halogens is 1. The van der Waals surface area contributed by atoms with Gasteiger partial charge in [-0.3, -0.25) is 9.89 Å². The van der Waals surface area contributed by atoms with Crippen molar-refractivity contribution >= 4 is 38.9 Å². The van der Waals surface area contributed by atoms with Crippen molar-refractivity contribution in [1.82, 2.24) is 20.3 Å². The van der Waals surface area contributed by atoms with Crippen LogP contribution in [-0.2, 0) is 10.0 Å². The van der Waals surface area contributed by atoms with E-state index in [9.17, 15) is 8.42 Å². The van der Waals surface area contributed by atoms with Crippen LogP contribution in [0.4, 0.5) is 0 Å². The van der Waals surface area contributed by atoms with E-state index in [1.54, 1.807) is 13.1 Å². The van der Waals surface area contributed by atoms with Crippen molar-refractivity contribution in [1.29, 1.82) is 0 Å². The van der Waals surface area contributed by atoms with Gasteiger partial charge in [0.25, 0.3) is 0 Å². The van der Waals surface area contributed by atoms with Crippen LogP contribution in [-0.4, -0.2) is 65.1 Å². The zero-order valence-electron chi connectivity index (χ0n) is 14.6. The number of likely N-dealkylation sites (tertiary alicyclic amines) is 1. The Hall–Kier alpha value is -0.870. The highest BCUT2D eigenvalue weighted by atomic mass is 35.5. The molecule has 1 atom stereocenters. The molecule has 3 N–H and O–H groups in total. The van der Waals surface area contributed by atoms with E-state index in [4.69, 9.17) is 11.6 Å². The summed E-state index contributed by atoms with van der Waals surface area (Å²) < 4.78 is 27.4.